The number of aromatic nitrogens is 8. The summed E-state index contributed by atoms with van der Waals surface area (Å²) in [7, 11) is -2.26. The molecule has 6 unspecified atom stereocenters. The van der Waals surface area contributed by atoms with Crippen molar-refractivity contribution in [2.75, 3.05) is 24.7 Å². The number of hydrogen-bond acceptors (Lipinski definition) is 13. The minimum Gasteiger partial charge on any atom is -0.391 e. The summed E-state index contributed by atoms with van der Waals surface area (Å²) in [5, 5.41) is 21.3. The number of anilines is 2. The third kappa shape index (κ3) is 5.22. The fourth-order valence-electron chi connectivity index (χ4n) is 6.11. The summed E-state index contributed by atoms with van der Waals surface area (Å²) in [4.78, 5) is 25.1. The molecule has 212 valence electrons. The fraction of sp³-hybridized carbons (Fsp3) is 0.583. The van der Waals surface area contributed by atoms with E-state index in [1.165, 1.54) is 12.7 Å². The average molecular weight is 572 g/mol. The van der Waals surface area contributed by atoms with Crippen molar-refractivity contribution in [1.82, 2.24) is 39.0 Å². The molecule has 0 bridgehead atoms. The SMILES string of the molecule is Nc1ncnc2c1ncn2C1CC(CCO[P+](=O)OCCC2CC(O)C(n3cnc4c(N)ncnc43)C2)CC1O. The smallest absolute Gasteiger partial charge is 0.391 e. The van der Waals surface area contributed by atoms with Gasteiger partial charge in [0.1, 0.15) is 36.9 Å². The highest BCUT2D eigenvalue weighted by molar-refractivity contribution is 7.33. The second-order valence-corrected chi connectivity index (χ2v) is 11.5. The third-order valence-electron chi connectivity index (χ3n) is 8.12. The van der Waals surface area contributed by atoms with Crippen molar-refractivity contribution in [2.45, 2.75) is 62.8 Å². The molecule has 4 aromatic rings. The van der Waals surface area contributed by atoms with Crippen molar-refractivity contribution in [3.8, 4) is 0 Å². The maximum absolute atomic E-state index is 12.3. The van der Waals surface area contributed by atoms with Gasteiger partial charge >= 0.3 is 8.25 Å². The van der Waals surface area contributed by atoms with Crippen LogP contribution in [0.1, 0.15) is 50.6 Å². The van der Waals surface area contributed by atoms with Gasteiger partial charge < -0.3 is 30.8 Å². The number of aliphatic hydroxyl groups excluding tert-OH is 2. The summed E-state index contributed by atoms with van der Waals surface area (Å²) in [6.07, 6.45) is 8.86. The Balaban J connectivity index is 0.929. The zero-order valence-corrected chi connectivity index (χ0v) is 22.6. The number of fused-ring (bicyclic) bond motifs is 2. The minimum atomic E-state index is -2.26. The van der Waals surface area contributed by atoms with Gasteiger partial charge in [-0.2, -0.15) is 0 Å². The number of rotatable bonds is 10. The van der Waals surface area contributed by atoms with Gasteiger partial charge in [-0.3, -0.25) is 0 Å². The summed E-state index contributed by atoms with van der Waals surface area (Å²) in [5.41, 5.74) is 14.0. The van der Waals surface area contributed by atoms with E-state index in [0.29, 0.717) is 72.5 Å². The molecular formula is C24H32N10O5P+. The first-order valence-electron chi connectivity index (χ1n) is 13.3. The molecule has 6 N–H and O–H groups in total. The molecule has 2 saturated carbocycles. The Morgan fingerprint density at radius 2 is 1.20 bits per heavy atom. The fourth-order valence-corrected chi connectivity index (χ4v) is 6.69. The lowest BCUT2D eigenvalue weighted by Gasteiger charge is -2.16. The Morgan fingerprint density at radius 3 is 1.65 bits per heavy atom. The van der Waals surface area contributed by atoms with E-state index >= 15 is 0 Å². The molecule has 2 fully saturated rings. The van der Waals surface area contributed by atoms with Gasteiger partial charge in [0.25, 0.3) is 0 Å². The molecular weight excluding hydrogens is 539 g/mol. The normalized spacial score (nSPS) is 27.2. The molecule has 0 amide bonds. The van der Waals surface area contributed by atoms with Gasteiger partial charge in [0.05, 0.1) is 36.9 Å². The molecule has 40 heavy (non-hydrogen) atoms. The lowest BCUT2D eigenvalue weighted by atomic mass is 10.0. The molecule has 0 aromatic carbocycles. The molecule has 0 spiro atoms. The maximum atomic E-state index is 12.3. The van der Waals surface area contributed by atoms with E-state index < -0.39 is 20.5 Å². The zero-order valence-electron chi connectivity index (χ0n) is 21.7. The van der Waals surface area contributed by atoms with E-state index in [1.807, 2.05) is 9.13 Å². The molecule has 0 saturated heterocycles. The molecule has 6 rings (SSSR count). The molecule has 2 aliphatic rings. The van der Waals surface area contributed by atoms with Crippen LogP contribution < -0.4 is 11.5 Å². The van der Waals surface area contributed by atoms with Crippen LogP contribution in [0.4, 0.5) is 11.6 Å². The standard InChI is InChI=1S/C24H32N10O5P/c25-21-19-23(29-9-27-21)33(11-31-19)15-5-13(7-17(15)35)1-3-38-40(37)39-4-2-14-6-16(18(36)8-14)34-12-32-20-22(26)28-10-30-24(20)34/h9-18,35-36H,1-8H2,(H2,25,27,29)(H2,26,28,30)/q+1. The summed E-state index contributed by atoms with van der Waals surface area (Å²) in [6, 6.07) is -0.352. The van der Waals surface area contributed by atoms with Crippen molar-refractivity contribution in [3.05, 3.63) is 25.3 Å². The Labute approximate surface area is 229 Å². The Kier molecular flexibility index (Phi) is 7.55. The number of nitrogen functional groups attached to an aromatic ring is 2. The Bertz CT molecular complexity index is 1400. The van der Waals surface area contributed by atoms with Gasteiger partial charge in [-0.15, -0.1) is 9.05 Å². The lowest BCUT2D eigenvalue weighted by Crippen LogP contribution is -2.17. The average Bonchev–Trinajstić information content (AvgIpc) is 3.70. The van der Waals surface area contributed by atoms with E-state index in [2.05, 4.69) is 29.9 Å². The molecule has 4 aromatic heterocycles. The molecule has 6 atom stereocenters. The molecule has 0 radical (unpaired) electrons. The second kappa shape index (κ2) is 11.3. The van der Waals surface area contributed by atoms with E-state index in [0.717, 1.165) is 0 Å². The van der Waals surface area contributed by atoms with Crippen LogP contribution in [0.25, 0.3) is 22.3 Å². The molecule has 16 heteroatoms. The summed E-state index contributed by atoms with van der Waals surface area (Å²) in [6.45, 7) is 0.532. The van der Waals surface area contributed by atoms with Gasteiger partial charge in [-0.25, -0.2) is 29.9 Å². The van der Waals surface area contributed by atoms with Crippen LogP contribution in [0.5, 0.6) is 0 Å². The van der Waals surface area contributed by atoms with Crippen LogP contribution in [-0.2, 0) is 13.6 Å². The van der Waals surface area contributed by atoms with Crippen LogP contribution in [0.2, 0.25) is 0 Å². The number of nitrogens with two attached hydrogens (primary N) is 2. The molecule has 2 aliphatic carbocycles. The number of imidazole rings is 2. The topological polar surface area (TPSA) is 215 Å². The lowest BCUT2D eigenvalue weighted by molar-refractivity contribution is 0.134. The molecule has 15 nitrogen and oxygen atoms in total. The first-order chi connectivity index (χ1) is 19.4. The first-order valence-corrected chi connectivity index (χ1v) is 14.4. The maximum Gasteiger partial charge on any atom is 0.697 e. The number of nitrogens with zero attached hydrogens (tertiary/aromatic N) is 8. The van der Waals surface area contributed by atoms with Gasteiger partial charge in [0.15, 0.2) is 22.9 Å². The minimum absolute atomic E-state index is 0.176. The largest absolute Gasteiger partial charge is 0.697 e. The van der Waals surface area contributed by atoms with Crippen molar-refractivity contribution in [1.29, 1.82) is 0 Å². The van der Waals surface area contributed by atoms with Gasteiger partial charge in [-0.1, -0.05) is 0 Å². The van der Waals surface area contributed by atoms with Crippen LogP contribution in [0.15, 0.2) is 25.3 Å². The van der Waals surface area contributed by atoms with Crippen LogP contribution in [-0.4, -0.2) is 74.7 Å². The van der Waals surface area contributed by atoms with E-state index in [-0.39, 0.29) is 37.1 Å². The van der Waals surface area contributed by atoms with E-state index in [9.17, 15) is 14.8 Å². The van der Waals surface area contributed by atoms with Gasteiger partial charge in [0, 0.05) is 4.57 Å². The van der Waals surface area contributed by atoms with Crippen molar-refractivity contribution >= 4 is 42.2 Å². The monoisotopic (exact) mass is 571 g/mol. The quantitative estimate of drug-likeness (QED) is 0.200. The first kappa shape index (κ1) is 26.8. The van der Waals surface area contributed by atoms with Gasteiger partial charge in [0.2, 0.25) is 0 Å². The van der Waals surface area contributed by atoms with E-state index in [4.69, 9.17) is 20.5 Å². The molecule has 4 heterocycles. The predicted molar refractivity (Wildman–Crippen MR) is 144 cm³/mol. The highest BCUT2D eigenvalue weighted by Crippen LogP contribution is 2.40. The van der Waals surface area contributed by atoms with E-state index in [1.54, 1.807) is 12.7 Å². The summed E-state index contributed by atoms with van der Waals surface area (Å²) >= 11 is 0. The summed E-state index contributed by atoms with van der Waals surface area (Å²) < 4.78 is 26.9. The number of hydrogen-bond donors (Lipinski definition) is 4. The third-order valence-corrected chi connectivity index (χ3v) is 8.91. The highest BCUT2D eigenvalue weighted by atomic mass is 31.1. The number of aliphatic hydroxyl groups is 2. The Morgan fingerprint density at radius 1 is 0.750 bits per heavy atom. The van der Waals surface area contributed by atoms with Crippen LogP contribution >= 0.6 is 8.25 Å². The molecule has 0 aliphatic heterocycles. The van der Waals surface area contributed by atoms with Crippen molar-refractivity contribution in [2.24, 2.45) is 11.8 Å². The summed E-state index contributed by atoms with van der Waals surface area (Å²) in [5.74, 6) is 0.997. The van der Waals surface area contributed by atoms with Gasteiger partial charge in [-0.05, 0) is 50.4 Å². The Hall–Kier alpha value is -3.36. The van der Waals surface area contributed by atoms with Crippen LogP contribution in [0, 0.1) is 11.8 Å². The van der Waals surface area contributed by atoms with Crippen molar-refractivity contribution < 1.29 is 23.8 Å². The highest BCUT2D eigenvalue weighted by Gasteiger charge is 2.37. The zero-order chi connectivity index (χ0) is 27.8. The van der Waals surface area contributed by atoms with Crippen molar-refractivity contribution in [3.63, 3.8) is 0 Å². The second-order valence-electron chi connectivity index (χ2n) is 10.6. The van der Waals surface area contributed by atoms with Crippen LogP contribution in [0.3, 0.4) is 0 Å². The predicted octanol–water partition coefficient (Wildman–Crippen LogP) is 1.93.